The monoisotopic (exact) mass is 408 g/mol. The standard InChI is InChI=1S/C22H24N4O4/c1-14-4-6-15(7-5-14)20(27)23-16-12-18-19(25(3)22(29)21(28)24(18)2)13-17(16)26-8-10-30-11-9-26/h4-7,12-13H,8-11H2,1-3H3,(H,23,27). The van der Waals surface area contributed by atoms with Gasteiger partial charge >= 0.3 is 11.1 Å². The van der Waals surface area contributed by atoms with Gasteiger partial charge in [0.2, 0.25) is 0 Å². The zero-order valence-electron chi connectivity index (χ0n) is 17.3. The highest BCUT2D eigenvalue weighted by Crippen LogP contribution is 2.31. The average molecular weight is 408 g/mol. The average Bonchev–Trinajstić information content (AvgIpc) is 2.77. The van der Waals surface area contributed by atoms with Crippen molar-refractivity contribution >= 4 is 28.3 Å². The number of aromatic nitrogens is 2. The fourth-order valence-electron chi connectivity index (χ4n) is 3.67. The summed E-state index contributed by atoms with van der Waals surface area (Å²) >= 11 is 0. The third-order valence-corrected chi connectivity index (χ3v) is 5.52. The molecule has 0 saturated carbocycles. The van der Waals surface area contributed by atoms with Gasteiger partial charge in [-0.1, -0.05) is 17.7 Å². The summed E-state index contributed by atoms with van der Waals surface area (Å²) in [5.41, 5.74) is 2.98. The number of aryl methyl sites for hydroxylation is 3. The Morgan fingerprint density at radius 1 is 0.933 bits per heavy atom. The van der Waals surface area contributed by atoms with Gasteiger partial charge in [-0.15, -0.1) is 0 Å². The molecule has 0 unspecified atom stereocenters. The molecule has 156 valence electrons. The highest BCUT2D eigenvalue weighted by atomic mass is 16.5. The lowest BCUT2D eigenvalue weighted by atomic mass is 10.1. The predicted octanol–water partition coefficient (Wildman–Crippen LogP) is 1.63. The van der Waals surface area contributed by atoms with Crippen LogP contribution in [0, 0.1) is 6.92 Å². The second-order valence-corrected chi connectivity index (χ2v) is 7.51. The minimum Gasteiger partial charge on any atom is -0.378 e. The first-order valence-corrected chi connectivity index (χ1v) is 9.81. The van der Waals surface area contributed by atoms with Gasteiger partial charge in [0, 0.05) is 32.7 Å². The van der Waals surface area contributed by atoms with Gasteiger partial charge in [0.1, 0.15) is 0 Å². The van der Waals surface area contributed by atoms with E-state index in [1.807, 2.05) is 25.1 Å². The molecule has 4 rings (SSSR count). The molecule has 0 atom stereocenters. The highest BCUT2D eigenvalue weighted by molar-refractivity contribution is 6.07. The smallest absolute Gasteiger partial charge is 0.316 e. The number of carbonyl (C=O) groups is 1. The van der Waals surface area contributed by atoms with Crippen molar-refractivity contribution in [2.45, 2.75) is 6.92 Å². The number of hydrogen-bond acceptors (Lipinski definition) is 5. The number of benzene rings is 2. The molecule has 1 amide bonds. The highest BCUT2D eigenvalue weighted by Gasteiger charge is 2.20. The van der Waals surface area contributed by atoms with Crippen LogP contribution in [0.3, 0.4) is 0 Å². The van der Waals surface area contributed by atoms with Gasteiger partial charge in [0.15, 0.2) is 0 Å². The molecule has 0 radical (unpaired) electrons. The Morgan fingerprint density at radius 2 is 1.50 bits per heavy atom. The molecule has 1 aliphatic heterocycles. The van der Waals surface area contributed by atoms with E-state index in [2.05, 4.69) is 10.2 Å². The number of amides is 1. The summed E-state index contributed by atoms with van der Waals surface area (Å²) in [5, 5.41) is 2.99. The van der Waals surface area contributed by atoms with E-state index < -0.39 is 11.1 Å². The van der Waals surface area contributed by atoms with Crippen LogP contribution in [0.2, 0.25) is 0 Å². The normalized spacial score (nSPS) is 14.2. The zero-order valence-corrected chi connectivity index (χ0v) is 17.3. The number of carbonyl (C=O) groups excluding carboxylic acids is 1. The summed E-state index contributed by atoms with van der Waals surface area (Å²) in [6.07, 6.45) is 0. The molecule has 1 N–H and O–H groups in total. The lowest BCUT2D eigenvalue weighted by Crippen LogP contribution is -2.40. The molecule has 1 saturated heterocycles. The first kappa shape index (κ1) is 19.9. The molecular formula is C22H24N4O4. The number of hydrogen-bond donors (Lipinski definition) is 1. The largest absolute Gasteiger partial charge is 0.378 e. The summed E-state index contributed by atoms with van der Waals surface area (Å²) in [7, 11) is 3.14. The van der Waals surface area contributed by atoms with Crippen molar-refractivity contribution in [1.29, 1.82) is 0 Å². The van der Waals surface area contributed by atoms with Crippen LogP contribution in [0.4, 0.5) is 11.4 Å². The van der Waals surface area contributed by atoms with Gasteiger partial charge < -0.3 is 24.1 Å². The number of fused-ring (bicyclic) bond motifs is 1. The maximum absolute atomic E-state index is 12.9. The van der Waals surface area contributed by atoms with Crippen LogP contribution in [0.5, 0.6) is 0 Å². The number of ether oxygens (including phenoxy) is 1. The Kier molecular flexibility index (Phi) is 5.17. The van der Waals surface area contributed by atoms with Gasteiger partial charge in [0.25, 0.3) is 5.91 Å². The minimum atomic E-state index is -0.611. The molecule has 1 fully saturated rings. The van der Waals surface area contributed by atoms with Crippen molar-refractivity contribution in [1.82, 2.24) is 9.13 Å². The Labute approximate surface area is 173 Å². The lowest BCUT2D eigenvalue weighted by Gasteiger charge is -2.31. The van der Waals surface area contributed by atoms with E-state index >= 15 is 0 Å². The van der Waals surface area contributed by atoms with Crippen molar-refractivity contribution in [3.8, 4) is 0 Å². The molecule has 8 nitrogen and oxygen atoms in total. The van der Waals surface area contributed by atoms with Crippen molar-refractivity contribution in [3.63, 3.8) is 0 Å². The summed E-state index contributed by atoms with van der Waals surface area (Å²) in [6.45, 7) is 4.45. The Morgan fingerprint density at radius 3 is 2.10 bits per heavy atom. The van der Waals surface area contributed by atoms with E-state index in [-0.39, 0.29) is 5.91 Å². The van der Waals surface area contributed by atoms with Gasteiger partial charge in [0.05, 0.1) is 35.6 Å². The first-order valence-electron chi connectivity index (χ1n) is 9.81. The molecular weight excluding hydrogens is 384 g/mol. The molecule has 2 heterocycles. The van der Waals surface area contributed by atoms with Crippen molar-refractivity contribution < 1.29 is 9.53 Å². The van der Waals surface area contributed by atoms with Crippen molar-refractivity contribution in [2.75, 3.05) is 36.5 Å². The molecule has 1 aromatic heterocycles. The summed E-state index contributed by atoms with van der Waals surface area (Å²) in [4.78, 5) is 39.6. The van der Waals surface area contributed by atoms with Crippen LogP contribution in [0.25, 0.3) is 11.0 Å². The predicted molar refractivity (Wildman–Crippen MR) is 117 cm³/mol. The third-order valence-electron chi connectivity index (χ3n) is 5.52. The van der Waals surface area contributed by atoms with Crippen LogP contribution < -0.4 is 21.3 Å². The minimum absolute atomic E-state index is 0.237. The van der Waals surface area contributed by atoms with Crippen LogP contribution >= 0.6 is 0 Å². The summed E-state index contributed by atoms with van der Waals surface area (Å²) in [5.74, 6) is -0.237. The topological polar surface area (TPSA) is 85.6 Å². The third kappa shape index (κ3) is 3.50. The van der Waals surface area contributed by atoms with Gasteiger partial charge in [-0.25, -0.2) is 0 Å². The quantitative estimate of drug-likeness (QED) is 0.666. The SMILES string of the molecule is Cc1ccc(C(=O)Nc2cc3c(cc2N2CCOCC2)n(C)c(=O)c(=O)n3C)cc1. The Balaban J connectivity index is 1.87. The number of morpholine rings is 1. The molecule has 0 spiro atoms. The van der Waals surface area contributed by atoms with E-state index in [4.69, 9.17) is 4.74 Å². The van der Waals surface area contributed by atoms with Gasteiger partial charge in [-0.3, -0.25) is 14.4 Å². The van der Waals surface area contributed by atoms with Crippen LogP contribution in [-0.2, 0) is 18.8 Å². The number of anilines is 2. The molecule has 1 aliphatic rings. The zero-order chi connectivity index (χ0) is 21.4. The van der Waals surface area contributed by atoms with E-state index in [1.54, 1.807) is 32.3 Å². The second-order valence-electron chi connectivity index (χ2n) is 7.51. The maximum Gasteiger partial charge on any atom is 0.316 e. The molecule has 8 heteroatoms. The van der Waals surface area contributed by atoms with Crippen molar-refractivity contribution in [2.24, 2.45) is 14.1 Å². The van der Waals surface area contributed by atoms with E-state index in [0.29, 0.717) is 48.6 Å². The van der Waals surface area contributed by atoms with Gasteiger partial charge in [-0.05, 0) is 31.2 Å². The molecule has 3 aromatic rings. The van der Waals surface area contributed by atoms with Crippen LogP contribution in [0.1, 0.15) is 15.9 Å². The van der Waals surface area contributed by atoms with E-state index in [0.717, 1.165) is 11.3 Å². The fraction of sp³-hybridized carbons (Fsp3) is 0.318. The first-order chi connectivity index (χ1) is 14.4. The van der Waals surface area contributed by atoms with Crippen molar-refractivity contribution in [3.05, 3.63) is 68.2 Å². The molecule has 30 heavy (non-hydrogen) atoms. The fourth-order valence-corrected chi connectivity index (χ4v) is 3.67. The lowest BCUT2D eigenvalue weighted by molar-refractivity contribution is 0.102. The summed E-state index contributed by atoms with van der Waals surface area (Å²) in [6, 6.07) is 10.9. The van der Waals surface area contributed by atoms with E-state index in [1.165, 1.54) is 9.13 Å². The second kappa shape index (κ2) is 7.79. The summed E-state index contributed by atoms with van der Waals surface area (Å²) < 4.78 is 8.13. The number of nitrogens with one attached hydrogen (secondary N) is 1. The molecule has 2 aromatic carbocycles. The Hall–Kier alpha value is -3.39. The van der Waals surface area contributed by atoms with Gasteiger partial charge in [-0.2, -0.15) is 0 Å². The van der Waals surface area contributed by atoms with Crippen LogP contribution in [0.15, 0.2) is 46.0 Å². The number of rotatable bonds is 3. The Bertz CT molecular complexity index is 1240. The molecule has 0 bridgehead atoms. The number of nitrogens with zero attached hydrogens (tertiary/aromatic N) is 3. The maximum atomic E-state index is 12.9. The van der Waals surface area contributed by atoms with Crippen LogP contribution in [-0.4, -0.2) is 41.3 Å². The van der Waals surface area contributed by atoms with E-state index in [9.17, 15) is 14.4 Å². The molecule has 0 aliphatic carbocycles.